The van der Waals surface area contributed by atoms with Gasteiger partial charge in [0, 0.05) is 18.7 Å². The number of allylic oxidation sites excluding steroid dienone is 1. The third-order valence-electron chi connectivity index (χ3n) is 5.34. The zero-order chi connectivity index (χ0) is 19.2. The van der Waals surface area contributed by atoms with Crippen molar-refractivity contribution in [3.8, 4) is 0 Å². The molecular weight excluding hydrogens is 348 g/mol. The van der Waals surface area contributed by atoms with Crippen molar-refractivity contribution in [3.63, 3.8) is 0 Å². The minimum Gasteiger partial charge on any atom is -0.391 e. The minimum atomic E-state index is -0.830. The van der Waals surface area contributed by atoms with Crippen LogP contribution < -0.4 is 16.2 Å². The van der Waals surface area contributed by atoms with E-state index < -0.39 is 23.6 Å². The molecule has 0 unspecified atom stereocenters. The lowest BCUT2D eigenvalue weighted by Crippen LogP contribution is -2.49. The van der Waals surface area contributed by atoms with Crippen LogP contribution in [0.5, 0.6) is 0 Å². The summed E-state index contributed by atoms with van der Waals surface area (Å²) in [6, 6.07) is -0.484. The van der Waals surface area contributed by atoms with Crippen LogP contribution in [0, 0.1) is 5.92 Å². The Morgan fingerprint density at radius 3 is 2.85 bits per heavy atom. The van der Waals surface area contributed by atoms with E-state index in [-0.39, 0.29) is 17.4 Å². The molecule has 0 aromatic carbocycles. The first-order valence-corrected chi connectivity index (χ1v) is 9.52. The van der Waals surface area contributed by atoms with Gasteiger partial charge in [0.2, 0.25) is 5.91 Å². The number of carbonyl (C=O) groups is 2. The first kappa shape index (κ1) is 19.3. The third-order valence-corrected chi connectivity index (χ3v) is 5.34. The van der Waals surface area contributed by atoms with Crippen LogP contribution in [0.4, 0.5) is 0 Å². The van der Waals surface area contributed by atoms with Crippen molar-refractivity contribution in [2.75, 3.05) is 6.54 Å². The smallest absolute Gasteiger partial charge is 0.263 e. The van der Waals surface area contributed by atoms with Crippen molar-refractivity contribution >= 4 is 11.8 Å². The first-order valence-electron chi connectivity index (χ1n) is 9.52. The highest BCUT2D eigenvalue weighted by molar-refractivity contribution is 5.93. The molecule has 0 radical (unpaired) electrons. The van der Waals surface area contributed by atoms with E-state index in [4.69, 9.17) is 0 Å². The van der Waals surface area contributed by atoms with Crippen molar-refractivity contribution in [3.05, 3.63) is 40.1 Å². The largest absolute Gasteiger partial charge is 0.391 e. The Bertz CT molecular complexity index is 773. The first-order chi connectivity index (χ1) is 13.0. The van der Waals surface area contributed by atoms with Crippen LogP contribution in [0.25, 0.3) is 0 Å². The summed E-state index contributed by atoms with van der Waals surface area (Å²) in [5, 5.41) is 16.0. The molecule has 2 aliphatic rings. The number of aliphatic hydroxyl groups excluding tert-OH is 1. The topological polar surface area (TPSA) is 124 Å². The Morgan fingerprint density at radius 1 is 1.30 bits per heavy atom. The van der Waals surface area contributed by atoms with Gasteiger partial charge in [-0.25, -0.2) is 4.98 Å². The van der Waals surface area contributed by atoms with Crippen molar-refractivity contribution < 1.29 is 14.7 Å². The van der Waals surface area contributed by atoms with Crippen molar-refractivity contribution in [1.29, 1.82) is 0 Å². The van der Waals surface area contributed by atoms with Crippen LogP contribution in [0.3, 0.4) is 0 Å². The predicted octanol–water partition coefficient (Wildman–Crippen LogP) is 0.646. The number of H-pyrrole nitrogens is 1. The second-order valence-electron chi connectivity index (χ2n) is 7.28. The monoisotopic (exact) mass is 374 g/mol. The lowest BCUT2D eigenvalue weighted by molar-refractivity contribution is -0.127. The normalized spacial score (nSPS) is 25.4. The van der Waals surface area contributed by atoms with Gasteiger partial charge in [-0.3, -0.25) is 14.4 Å². The Hall–Kier alpha value is -2.48. The summed E-state index contributed by atoms with van der Waals surface area (Å²) in [7, 11) is 0. The molecule has 2 aliphatic carbocycles. The molecule has 4 N–H and O–H groups in total. The fraction of sp³-hybridized carbons (Fsp3) is 0.579. The van der Waals surface area contributed by atoms with Crippen molar-refractivity contribution in [1.82, 2.24) is 20.6 Å². The quantitative estimate of drug-likeness (QED) is 0.563. The van der Waals surface area contributed by atoms with Gasteiger partial charge < -0.3 is 20.7 Å². The zero-order valence-corrected chi connectivity index (χ0v) is 15.2. The highest BCUT2D eigenvalue weighted by Gasteiger charge is 2.34. The van der Waals surface area contributed by atoms with Gasteiger partial charge in [0.05, 0.1) is 18.5 Å². The summed E-state index contributed by atoms with van der Waals surface area (Å²) in [6.45, 7) is 0.579. The molecule has 0 bridgehead atoms. The van der Waals surface area contributed by atoms with Gasteiger partial charge in [0.1, 0.15) is 5.56 Å². The van der Waals surface area contributed by atoms with Crippen molar-refractivity contribution in [2.45, 2.75) is 57.1 Å². The second-order valence-corrected chi connectivity index (χ2v) is 7.28. The summed E-state index contributed by atoms with van der Waals surface area (Å²) in [5.41, 5.74) is 0.658. The van der Waals surface area contributed by atoms with Crippen LogP contribution in [-0.4, -0.2) is 45.6 Å². The molecular formula is C19H26N4O4. The summed E-state index contributed by atoms with van der Waals surface area (Å²) < 4.78 is 0. The van der Waals surface area contributed by atoms with Crippen molar-refractivity contribution in [2.24, 2.45) is 5.92 Å². The Labute approximate surface area is 157 Å². The van der Waals surface area contributed by atoms with Crippen LogP contribution >= 0.6 is 0 Å². The number of rotatable bonds is 5. The molecule has 3 rings (SSSR count). The highest BCUT2D eigenvalue weighted by Crippen LogP contribution is 2.25. The molecule has 2 amide bonds. The number of aromatic amines is 1. The molecule has 0 aliphatic heterocycles. The van der Waals surface area contributed by atoms with E-state index in [0.29, 0.717) is 25.8 Å². The lowest BCUT2D eigenvalue weighted by atomic mass is 9.83. The van der Waals surface area contributed by atoms with Crippen LogP contribution in [0.2, 0.25) is 0 Å². The maximum atomic E-state index is 12.4. The molecule has 1 heterocycles. The van der Waals surface area contributed by atoms with E-state index in [1.165, 1.54) is 30.9 Å². The Kier molecular flexibility index (Phi) is 6.39. The number of aromatic nitrogens is 2. The molecule has 1 fully saturated rings. The molecule has 8 nitrogen and oxygen atoms in total. The van der Waals surface area contributed by atoms with Gasteiger partial charge in [-0.05, 0) is 44.9 Å². The number of nitrogens with zero attached hydrogens (tertiary/aromatic N) is 1. The number of carbonyl (C=O) groups excluding carboxylic acids is 2. The van der Waals surface area contributed by atoms with Gasteiger partial charge in [0.25, 0.3) is 11.5 Å². The van der Waals surface area contributed by atoms with Crippen LogP contribution in [0.15, 0.2) is 29.0 Å². The van der Waals surface area contributed by atoms with E-state index in [0.717, 1.165) is 12.8 Å². The predicted molar refractivity (Wildman–Crippen MR) is 99.0 cm³/mol. The van der Waals surface area contributed by atoms with Gasteiger partial charge in [-0.15, -0.1) is 0 Å². The average molecular weight is 374 g/mol. The van der Waals surface area contributed by atoms with E-state index >= 15 is 0 Å². The maximum Gasteiger partial charge on any atom is 0.263 e. The summed E-state index contributed by atoms with van der Waals surface area (Å²) in [4.78, 5) is 42.3. The Balaban J connectivity index is 1.49. The molecule has 146 valence electrons. The molecule has 1 aromatic rings. The van der Waals surface area contributed by atoms with E-state index in [1.807, 2.05) is 0 Å². The van der Waals surface area contributed by atoms with E-state index in [9.17, 15) is 19.5 Å². The number of amides is 2. The highest BCUT2D eigenvalue weighted by atomic mass is 16.3. The summed E-state index contributed by atoms with van der Waals surface area (Å²) >= 11 is 0. The standard InChI is InChI=1S/C19H26N4O4/c24-16-8-13(17(25)21-9-12-4-2-1-3-5-12)6-7-15(16)23-19(27)14-10-20-11-22-18(14)26/h4,10-11,13,15-16,24H,1-3,5-9H2,(H,21,25)(H,23,27)(H,20,22,26)/t13-,15-,16-/m0/s1. The zero-order valence-electron chi connectivity index (χ0n) is 15.2. The number of hydrogen-bond acceptors (Lipinski definition) is 5. The van der Waals surface area contributed by atoms with Gasteiger partial charge in [-0.2, -0.15) is 0 Å². The molecule has 27 heavy (non-hydrogen) atoms. The second kappa shape index (κ2) is 8.94. The van der Waals surface area contributed by atoms with Gasteiger partial charge in [0.15, 0.2) is 0 Å². The van der Waals surface area contributed by atoms with Crippen LogP contribution in [-0.2, 0) is 4.79 Å². The molecule has 0 saturated heterocycles. The van der Waals surface area contributed by atoms with E-state index in [1.54, 1.807) is 0 Å². The number of hydrogen-bond donors (Lipinski definition) is 4. The lowest BCUT2D eigenvalue weighted by Gasteiger charge is -2.33. The number of aliphatic hydroxyl groups is 1. The van der Waals surface area contributed by atoms with Gasteiger partial charge in [-0.1, -0.05) is 11.6 Å². The Morgan fingerprint density at radius 2 is 2.15 bits per heavy atom. The van der Waals surface area contributed by atoms with Crippen LogP contribution in [0.1, 0.15) is 55.3 Å². The summed E-state index contributed by atoms with van der Waals surface area (Å²) in [5.74, 6) is -0.881. The number of nitrogens with one attached hydrogen (secondary N) is 3. The molecule has 3 atom stereocenters. The third kappa shape index (κ3) is 5.03. The average Bonchev–Trinajstić information content (AvgIpc) is 2.68. The minimum absolute atomic E-state index is 0.0472. The summed E-state index contributed by atoms with van der Waals surface area (Å²) in [6.07, 6.45) is 9.62. The molecule has 1 saturated carbocycles. The maximum absolute atomic E-state index is 12.4. The molecule has 8 heteroatoms. The molecule has 1 aromatic heterocycles. The fourth-order valence-electron chi connectivity index (χ4n) is 3.72. The molecule has 0 spiro atoms. The fourth-order valence-corrected chi connectivity index (χ4v) is 3.72. The SMILES string of the molecule is O=C(N[C@H]1CC[C@H](C(=O)NCC2=CCCCC2)C[C@@H]1O)c1cnc[nH]c1=O. The van der Waals surface area contributed by atoms with E-state index in [2.05, 4.69) is 26.7 Å². The van der Waals surface area contributed by atoms with Gasteiger partial charge >= 0.3 is 0 Å².